The van der Waals surface area contributed by atoms with Crippen LogP contribution in [0.3, 0.4) is 0 Å². The molecule has 0 bridgehead atoms. The van der Waals surface area contributed by atoms with Gasteiger partial charge < -0.3 is 15.2 Å². The first-order chi connectivity index (χ1) is 8.16. The number of aryl methyl sites for hydroxylation is 1. The van der Waals surface area contributed by atoms with Crippen molar-refractivity contribution in [1.29, 1.82) is 0 Å². The second-order valence-corrected chi connectivity index (χ2v) is 4.82. The minimum atomic E-state index is 0.420. The summed E-state index contributed by atoms with van der Waals surface area (Å²) in [6.45, 7) is 4.38. The Kier molecular flexibility index (Phi) is 3.97. The maximum Gasteiger partial charge on any atom is 0.122 e. The number of rotatable bonds is 4. The number of hydrogen-bond donors (Lipinski definition) is 1. The topological polar surface area (TPSA) is 44.5 Å². The molecule has 0 amide bonds. The predicted molar refractivity (Wildman–Crippen MR) is 71.5 cm³/mol. The van der Waals surface area contributed by atoms with E-state index in [1.807, 2.05) is 25.1 Å². The molecular formula is C13H17NO2S. The van der Waals surface area contributed by atoms with E-state index in [2.05, 4.69) is 0 Å². The number of hydrogen-bond acceptors (Lipinski definition) is 3. The first-order valence-corrected chi connectivity index (χ1v) is 6.18. The zero-order valence-corrected chi connectivity index (χ0v) is 10.8. The molecule has 1 heterocycles. The van der Waals surface area contributed by atoms with Crippen molar-refractivity contribution in [1.82, 2.24) is 0 Å². The molecule has 2 rings (SSSR count). The van der Waals surface area contributed by atoms with Crippen LogP contribution in [0.5, 0.6) is 5.75 Å². The summed E-state index contributed by atoms with van der Waals surface area (Å²) in [5.74, 6) is 1.42. The Balaban J connectivity index is 1.98. The highest BCUT2D eigenvalue weighted by atomic mass is 32.1. The molecule has 1 unspecified atom stereocenters. The third kappa shape index (κ3) is 3.17. The van der Waals surface area contributed by atoms with Gasteiger partial charge in [-0.3, -0.25) is 0 Å². The average molecular weight is 251 g/mol. The van der Waals surface area contributed by atoms with E-state index in [-0.39, 0.29) is 0 Å². The summed E-state index contributed by atoms with van der Waals surface area (Å²) in [5, 5.41) is 0. The highest BCUT2D eigenvalue weighted by Crippen LogP contribution is 2.21. The molecule has 4 heteroatoms. The normalized spacial score (nSPS) is 19.2. The molecular weight excluding hydrogens is 234 g/mol. The zero-order valence-electron chi connectivity index (χ0n) is 9.94. The lowest BCUT2D eigenvalue weighted by Crippen LogP contribution is -2.13. The molecule has 1 aliphatic rings. The molecule has 0 radical (unpaired) electrons. The Bertz CT molecular complexity index is 414. The van der Waals surface area contributed by atoms with Crippen LogP contribution in [0, 0.1) is 12.8 Å². The SMILES string of the molecule is Cc1cc(C(N)=S)ccc1OCC1CCOC1. The van der Waals surface area contributed by atoms with Crippen molar-refractivity contribution in [3.05, 3.63) is 29.3 Å². The molecule has 1 saturated heterocycles. The second-order valence-electron chi connectivity index (χ2n) is 4.39. The summed E-state index contributed by atoms with van der Waals surface area (Å²) in [5.41, 5.74) is 7.53. The van der Waals surface area contributed by atoms with E-state index in [4.69, 9.17) is 27.4 Å². The smallest absolute Gasteiger partial charge is 0.122 e. The van der Waals surface area contributed by atoms with Crippen molar-refractivity contribution in [2.75, 3.05) is 19.8 Å². The van der Waals surface area contributed by atoms with Crippen LogP contribution < -0.4 is 10.5 Å². The first-order valence-electron chi connectivity index (χ1n) is 5.78. The molecule has 1 aromatic carbocycles. The molecule has 92 valence electrons. The number of benzene rings is 1. The summed E-state index contributed by atoms with van der Waals surface area (Å²) < 4.78 is 11.1. The molecule has 3 nitrogen and oxygen atoms in total. The number of nitrogens with two attached hydrogens (primary N) is 1. The van der Waals surface area contributed by atoms with Gasteiger partial charge in [-0.25, -0.2) is 0 Å². The first kappa shape index (κ1) is 12.3. The summed E-state index contributed by atoms with van der Waals surface area (Å²) in [7, 11) is 0. The van der Waals surface area contributed by atoms with Gasteiger partial charge in [-0.1, -0.05) is 12.2 Å². The standard InChI is InChI=1S/C13H17NO2S/c1-9-6-11(13(14)17)2-3-12(9)16-8-10-4-5-15-7-10/h2-3,6,10H,4-5,7-8H2,1H3,(H2,14,17). The molecule has 0 saturated carbocycles. The molecule has 17 heavy (non-hydrogen) atoms. The van der Waals surface area contributed by atoms with Crippen molar-refractivity contribution < 1.29 is 9.47 Å². The lowest BCUT2D eigenvalue weighted by Gasteiger charge is -2.13. The zero-order chi connectivity index (χ0) is 12.3. The van der Waals surface area contributed by atoms with Gasteiger partial charge in [0.15, 0.2) is 0 Å². The largest absolute Gasteiger partial charge is 0.493 e. The monoisotopic (exact) mass is 251 g/mol. The molecule has 2 N–H and O–H groups in total. The molecule has 1 fully saturated rings. The summed E-state index contributed by atoms with van der Waals surface area (Å²) in [4.78, 5) is 0.420. The third-order valence-electron chi connectivity index (χ3n) is 2.96. The average Bonchev–Trinajstić information content (AvgIpc) is 2.80. The lowest BCUT2D eigenvalue weighted by molar-refractivity contribution is 0.167. The van der Waals surface area contributed by atoms with Crippen LogP contribution in [-0.2, 0) is 4.74 Å². The van der Waals surface area contributed by atoms with Gasteiger partial charge in [0.05, 0.1) is 13.2 Å². The lowest BCUT2D eigenvalue weighted by atomic mass is 10.1. The van der Waals surface area contributed by atoms with Crippen molar-refractivity contribution in [2.45, 2.75) is 13.3 Å². The van der Waals surface area contributed by atoms with E-state index in [1.165, 1.54) is 0 Å². The fraction of sp³-hybridized carbons (Fsp3) is 0.462. The maximum absolute atomic E-state index is 5.79. The van der Waals surface area contributed by atoms with Crippen LogP contribution >= 0.6 is 12.2 Å². The van der Waals surface area contributed by atoms with Crippen molar-refractivity contribution >= 4 is 17.2 Å². The number of ether oxygens (including phenoxy) is 2. The van der Waals surface area contributed by atoms with Gasteiger partial charge >= 0.3 is 0 Å². The van der Waals surface area contributed by atoms with Gasteiger partial charge in [-0.15, -0.1) is 0 Å². The minimum Gasteiger partial charge on any atom is -0.493 e. The Morgan fingerprint density at radius 2 is 2.41 bits per heavy atom. The van der Waals surface area contributed by atoms with Crippen LogP contribution in [0.25, 0.3) is 0 Å². The molecule has 0 aromatic heterocycles. The van der Waals surface area contributed by atoms with Crippen molar-refractivity contribution in [3.63, 3.8) is 0 Å². The van der Waals surface area contributed by atoms with Crippen LogP contribution in [0.2, 0.25) is 0 Å². The Morgan fingerprint density at radius 1 is 1.59 bits per heavy atom. The van der Waals surface area contributed by atoms with Gasteiger partial charge in [-0.05, 0) is 37.1 Å². The summed E-state index contributed by atoms with van der Waals surface area (Å²) in [6.07, 6.45) is 1.09. The van der Waals surface area contributed by atoms with E-state index in [0.29, 0.717) is 17.5 Å². The predicted octanol–water partition coefficient (Wildman–Crippen LogP) is 2.04. The van der Waals surface area contributed by atoms with Gasteiger partial charge in [0.1, 0.15) is 10.7 Å². The summed E-state index contributed by atoms with van der Waals surface area (Å²) >= 11 is 4.94. The number of thiocarbonyl (C=S) groups is 1. The highest BCUT2D eigenvalue weighted by molar-refractivity contribution is 7.80. The van der Waals surface area contributed by atoms with Crippen molar-refractivity contribution in [2.24, 2.45) is 11.7 Å². The quantitative estimate of drug-likeness (QED) is 0.832. The fourth-order valence-electron chi connectivity index (χ4n) is 1.89. The maximum atomic E-state index is 5.79. The van der Waals surface area contributed by atoms with Crippen LogP contribution in [-0.4, -0.2) is 24.8 Å². The Morgan fingerprint density at radius 3 is 3.00 bits per heavy atom. The van der Waals surface area contributed by atoms with Crippen molar-refractivity contribution in [3.8, 4) is 5.75 Å². The van der Waals surface area contributed by atoms with E-state index < -0.39 is 0 Å². The minimum absolute atomic E-state index is 0.420. The van der Waals surface area contributed by atoms with Crippen LogP contribution in [0.1, 0.15) is 17.5 Å². The molecule has 1 aliphatic heterocycles. The van der Waals surface area contributed by atoms with Gasteiger partial charge in [0.25, 0.3) is 0 Å². The van der Waals surface area contributed by atoms with E-state index in [1.54, 1.807) is 0 Å². The van der Waals surface area contributed by atoms with E-state index in [0.717, 1.165) is 36.5 Å². The van der Waals surface area contributed by atoms with Gasteiger partial charge in [0.2, 0.25) is 0 Å². The molecule has 0 spiro atoms. The Hall–Kier alpha value is -1.13. The van der Waals surface area contributed by atoms with Gasteiger partial charge in [0, 0.05) is 18.1 Å². The van der Waals surface area contributed by atoms with Crippen LogP contribution in [0.4, 0.5) is 0 Å². The van der Waals surface area contributed by atoms with E-state index >= 15 is 0 Å². The highest BCUT2D eigenvalue weighted by Gasteiger charge is 2.16. The van der Waals surface area contributed by atoms with Gasteiger partial charge in [-0.2, -0.15) is 0 Å². The second kappa shape index (κ2) is 5.47. The molecule has 1 aromatic rings. The third-order valence-corrected chi connectivity index (χ3v) is 3.19. The Labute approximate surface area is 107 Å². The molecule has 1 atom stereocenters. The van der Waals surface area contributed by atoms with Crippen LogP contribution in [0.15, 0.2) is 18.2 Å². The molecule has 0 aliphatic carbocycles. The van der Waals surface area contributed by atoms with E-state index in [9.17, 15) is 0 Å². The fourth-order valence-corrected chi connectivity index (χ4v) is 2.01. The summed E-state index contributed by atoms with van der Waals surface area (Å²) in [6, 6.07) is 5.79.